The highest BCUT2D eigenvalue weighted by atomic mass is 35.5. The number of nitrogens with one attached hydrogen (secondary N) is 1. The fourth-order valence-corrected chi connectivity index (χ4v) is 0.825. The molecule has 0 aliphatic heterocycles. The van der Waals surface area contributed by atoms with E-state index in [1.807, 2.05) is 0 Å². The summed E-state index contributed by atoms with van der Waals surface area (Å²) in [5.41, 5.74) is 10.6. The first-order chi connectivity index (χ1) is 5.13. The van der Waals surface area contributed by atoms with Gasteiger partial charge in [0, 0.05) is 5.69 Å². The molecule has 0 fully saturated rings. The molecule has 0 spiro atoms. The zero-order valence-electron chi connectivity index (χ0n) is 6.58. The molecule has 3 nitrogen and oxygen atoms in total. The molecule has 0 aliphatic rings. The molecule has 1 rings (SSSR count). The van der Waals surface area contributed by atoms with Crippen molar-refractivity contribution in [3.05, 3.63) is 29.6 Å². The third kappa shape index (κ3) is 3.08. The maximum atomic E-state index is 12.8. The summed E-state index contributed by atoms with van der Waals surface area (Å²) in [4.78, 5) is 0. The van der Waals surface area contributed by atoms with Crippen LogP contribution < -0.4 is 11.5 Å². The summed E-state index contributed by atoms with van der Waals surface area (Å²) in [6.45, 7) is 0. The molecule has 6 heteroatoms. The van der Waals surface area contributed by atoms with E-state index in [-0.39, 0.29) is 41.9 Å². The molecule has 74 valence electrons. The van der Waals surface area contributed by atoms with Crippen LogP contribution >= 0.6 is 24.8 Å². The van der Waals surface area contributed by atoms with Crippen LogP contribution in [-0.2, 0) is 0 Å². The van der Waals surface area contributed by atoms with Gasteiger partial charge in [-0.15, -0.1) is 24.8 Å². The monoisotopic (exact) mass is 225 g/mol. The predicted molar refractivity (Wildman–Crippen MR) is 56.3 cm³/mol. The minimum atomic E-state index is -0.558. The van der Waals surface area contributed by atoms with E-state index in [0.717, 1.165) is 0 Å². The van der Waals surface area contributed by atoms with E-state index in [0.29, 0.717) is 0 Å². The predicted octanol–water partition coefficient (Wildman–Crippen LogP) is 1.54. The Labute approximate surface area is 87.6 Å². The number of anilines is 1. The Bertz CT molecular complexity index is 284. The molecule has 0 saturated carbocycles. The summed E-state index contributed by atoms with van der Waals surface area (Å²) in [5, 5.41) is 6.97. The number of halogens is 3. The third-order valence-corrected chi connectivity index (χ3v) is 1.32. The van der Waals surface area contributed by atoms with Crippen LogP contribution in [0, 0.1) is 11.2 Å². The number of nitrogen functional groups attached to an aromatic ring is 2. The van der Waals surface area contributed by atoms with Gasteiger partial charge < -0.3 is 11.5 Å². The van der Waals surface area contributed by atoms with Gasteiger partial charge in [0.2, 0.25) is 0 Å². The number of amidine groups is 1. The van der Waals surface area contributed by atoms with E-state index in [9.17, 15) is 4.39 Å². The molecular formula is C7H10Cl2FN3. The number of hydrogen-bond acceptors (Lipinski definition) is 2. The highest BCUT2D eigenvalue weighted by Gasteiger charge is 2.07. The highest BCUT2D eigenvalue weighted by molar-refractivity contribution is 5.99. The number of hydrogen-bond donors (Lipinski definition) is 3. The molecule has 0 radical (unpaired) electrons. The SMILES string of the molecule is Cl.Cl.N=C(N)c1c(N)cccc1F. The highest BCUT2D eigenvalue weighted by Crippen LogP contribution is 2.13. The standard InChI is InChI=1S/C7H8FN3.2ClH/c8-4-2-1-3-5(9)6(4)7(10)11;;/h1-3H,9H2,(H3,10,11);2*1H. The van der Waals surface area contributed by atoms with Crippen LogP contribution in [0.15, 0.2) is 18.2 Å². The fourth-order valence-electron chi connectivity index (χ4n) is 0.825. The summed E-state index contributed by atoms with van der Waals surface area (Å²) >= 11 is 0. The topological polar surface area (TPSA) is 75.9 Å². The molecular weight excluding hydrogens is 216 g/mol. The first-order valence-electron chi connectivity index (χ1n) is 3.01. The van der Waals surface area contributed by atoms with Crippen LogP contribution in [-0.4, -0.2) is 5.84 Å². The van der Waals surface area contributed by atoms with Crippen molar-refractivity contribution in [2.45, 2.75) is 0 Å². The summed E-state index contributed by atoms with van der Waals surface area (Å²) in [6.07, 6.45) is 0. The summed E-state index contributed by atoms with van der Waals surface area (Å²) in [5.74, 6) is -0.905. The molecule has 0 atom stereocenters. The summed E-state index contributed by atoms with van der Waals surface area (Å²) < 4.78 is 12.8. The lowest BCUT2D eigenvalue weighted by atomic mass is 10.1. The van der Waals surface area contributed by atoms with E-state index in [2.05, 4.69) is 0 Å². The second kappa shape index (κ2) is 5.61. The van der Waals surface area contributed by atoms with Crippen molar-refractivity contribution in [1.82, 2.24) is 0 Å². The van der Waals surface area contributed by atoms with Crippen LogP contribution in [0.3, 0.4) is 0 Å². The molecule has 13 heavy (non-hydrogen) atoms. The average Bonchev–Trinajstić information content (AvgIpc) is 1.85. The quantitative estimate of drug-likeness (QED) is 0.386. The lowest BCUT2D eigenvalue weighted by Gasteiger charge is -2.02. The lowest BCUT2D eigenvalue weighted by molar-refractivity contribution is 0.625. The van der Waals surface area contributed by atoms with Crippen molar-refractivity contribution in [3.8, 4) is 0 Å². The van der Waals surface area contributed by atoms with Crippen LogP contribution in [0.25, 0.3) is 0 Å². The van der Waals surface area contributed by atoms with E-state index in [1.54, 1.807) is 0 Å². The van der Waals surface area contributed by atoms with Gasteiger partial charge in [0.25, 0.3) is 0 Å². The average molecular weight is 226 g/mol. The van der Waals surface area contributed by atoms with Crippen molar-refractivity contribution in [1.29, 1.82) is 5.41 Å². The van der Waals surface area contributed by atoms with E-state index in [4.69, 9.17) is 16.9 Å². The van der Waals surface area contributed by atoms with Gasteiger partial charge in [-0.1, -0.05) is 6.07 Å². The smallest absolute Gasteiger partial charge is 0.136 e. The molecule has 0 aliphatic carbocycles. The molecule has 5 N–H and O–H groups in total. The lowest BCUT2D eigenvalue weighted by Crippen LogP contribution is -2.15. The number of benzene rings is 1. The van der Waals surface area contributed by atoms with Crippen molar-refractivity contribution in [2.24, 2.45) is 5.73 Å². The first kappa shape index (κ1) is 14.5. The van der Waals surface area contributed by atoms with Crippen molar-refractivity contribution in [2.75, 3.05) is 5.73 Å². The van der Waals surface area contributed by atoms with Crippen molar-refractivity contribution >= 4 is 36.3 Å². The summed E-state index contributed by atoms with van der Waals surface area (Å²) in [7, 11) is 0. The Kier molecular flexibility index (Phi) is 6.27. The Balaban J connectivity index is 0. The zero-order valence-corrected chi connectivity index (χ0v) is 8.21. The minimum absolute atomic E-state index is 0. The molecule has 0 bridgehead atoms. The van der Waals surface area contributed by atoms with Crippen molar-refractivity contribution < 1.29 is 4.39 Å². The van der Waals surface area contributed by atoms with Crippen molar-refractivity contribution in [3.63, 3.8) is 0 Å². The molecule has 0 saturated heterocycles. The first-order valence-corrected chi connectivity index (χ1v) is 3.01. The third-order valence-electron chi connectivity index (χ3n) is 1.32. The zero-order chi connectivity index (χ0) is 8.43. The Morgan fingerprint density at radius 2 is 1.85 bits per heavy atom. The van der Waals surface area contributed by atoms with Gasteiger partial charge in [0.15, 0.2) is 0 Å². The normalized spacial score (nSPS) is 8.08. The molecule has 0 unspecified atom stereocenters. The molecule has 1 aromatic rings. The van der Waals surface area contributed by atoms with Gasteiger partial charge in [-0.25, -0.2) is 4.39 Å². The van der Waals surface area contributed by atoms with Crippen LogP contribution in [0.1, 0.15) is 5.56 Å². The van der Waals surface area contributed by atoms with Gasteiger partial charge >= 0.3 is 0 Å². The maximum absolute atomic E-state index is 12.8. The van der Waals surface area contributed by atoms with Gasteiger partial charge in [-0.05, 0) is 12.1 Å². The minimum Gasteiger partial charge on any atom is -0.398 e. The van der Waals surface area contributed by atoms with Gasteiger partial charge in [-0.2, -0.15) is 0 Å². The fraction of sp³-hybridized carbons (Fsp3) is 0. The largest absolute Gasteiger partial charge is 0.398 e. The van der Waals surface area contributed by atoms with Crippen LogP contribution in [0.4, 0.5) is 10.1 Å². The molecule has 1 aromatic carbocycles. The number of nitrogens with two attached hydrogens (primary N) is 2. The van der Waals surface area contributed by atoms with Crippen LogP contribution in [0.2, 0.25) is 0 Å². The second-order valence-corrected chi connectivity index (χ2v) is 2.12. The molecule has 0 heterocycles. The van der Waals surface area contributed by atoms with E-state index < -0.39 is 5.82 Å². The Morgan fingerprint density at radius 3 is 2.15 bits per heavy atom. The maximum Gasteiger partial charge on any atom is 0.136 e. The van der Waals surface area contributed by atoms with E-state index in [1.165, 1.54) is 18.2 Å². The summed E-state index contributed by atoms with van der Waals surface area (Å²) in [6, 6.07) is 4.18. The van der Waals surface area contributed by atoms with Gasteiger partial charge in [-0.3, -0.25) is 5.41 Å². The Hall–Kier alpha value is -1.00. The van der Waals surface area contributed by atoms with Gasteiger partial charge in [0.05, 0.1) is 5.56 Å². The van der Waals surface area contributed by atoms with Crippen LogP contribution in [0.5, 0.6) is 0 Å². The van der Waals surface area contributed by atoms with Gasteiger partial charge in [0.1, 0.15) is 11.7 Å². The Morgan fingerprint density at radius 1 is 1.31 bits per heavy atom. The number of rotatable bonds is 1. The second-order valence-electron chi connectivity index (χ2n) is 2.12. The molecule has 0 aromatic heterocycles. The molecule has 0 amide bonds. The van der Waals surface area contributed by atoms with E-state index >= 15 is 0 Å².